The van der Waals surface area contributed by atoms with Gasteiger partial charge in [0.1, 0.15) is 11.6 Å². The first-order valence-electron chi connectivity index (χ1n) is 9.51. The molecule has 0 spiro atoms. The van der Waals surface area contributed by atoms with Crippen molar-refractivity contribution in [1.82, 2.24) is 10.1 Å². The average Bonchev–Trinajstić information content (AvgIpc) is 3.43. The second kappa shape index (κ2) is 8.03. The molecule has 6 nitrogen and oxygen atoms in total. The molecule has 7 heteroatoms. The SMILES string of the molecule is COc1cccc(-c2noc(COC(=O)C3(c4ccc(F)cc4)CCCC3)n2)c1. The predicted octanol–water partition coefficient (Wildman–Crippen LogP) is 4.44. The second-order valence-electron chi connectivity index (χ2n) is 7.12. The van der Waals surface area contributed by atoms with Gasteiger partial charge in [-0.3, -0.25) is 4.79 Å². The molecule has 1 aromatic heterocycles. The maximum Gasteiger partial charge on any atom is 0.317 e. The number of aromatic nitrogens is 2. The zero-order chi connectivity index (χ0) is 20.3. The van der Waals surface area contributed by atoms with Crippen LogP contribution in [0.2, 0.25) is 0 Å². The number of halogens is 1. The maximum atomic E-state index is 13.3. The maximum absolute atomic E-state index is 13.3. The lowest BCUT2D eigenvalue weighted by Crippen LogP contribution is -2.34. The Kier molecular flexibility index (Phi) is 5.29. The molecule has 0 radical (unpaired) electrons. The van der Waals surface area contributed by atoms with Gasteiger partial charge in [0, 0.05) is 5.56 Å². The number of methoxy groups -OCH3 is 1. The zero-order valence-corrected chi connectivity index (χ0v) is 16.1. The van der Waals surface area contributed by atoms with Crippen LogP contribution in [0.25, 0.3) is 11.4 Å². The summed E-state index contributed by atoms with van der Waals surface area (Å²) < 4.78 is 29.3. The number of esters is 1. The molecule has 1 heterocycles. The molecule has 3 aromatic rings. The fourth-order valence-corrected chi connectivity index (χ4v) is 3.82. The number of benzene rings is 2. The van der Waals surface area contributed by atoms with E-state index in [1.54, 1.807) is 25.3 Å². The molecule has 2 aromatic carbocycles. The Labute approximate surface area is 167 Å². The van der Waals surface area contributed by atoms with Gasteiger partial charge in [0.05, 0.1) is 12.5 Å². The van der Waals surface area contributed by atoms with Gasteiger partial charge in [0.25, 0.3) is 5.89 Å². The minimum atomic E-state index is -0.747. The number of carbonyl (C=O) groups excluding carboxylic acids is 1. The Morgan fingerprint density at radius 3 is 2.66 bits per heavy atom. The van der Waals surface area contributed by atoms with Crippen LogP contribution in [0.3, 0.4) is 0 Å². The van der Waals surface area contributed by atoms with Crippen molar-refractivity contribution in [2.75, 3.05) is 7.11 Å². The first kappa shape index (κ1) is 19.1. The van der Waals surface area contributed by atoms with Crippen molar-refractivity contribution in [3.63, 3.8) is 0 Å². The van der Waals surface area contributed by atoms with Crippen molar-refractivity contribution in [3.05, 3.63) is 65.8 Å². The number of hydrogen-bond acceptors (Lipinski definition) is 6. The van der Waals surface area contributed by atoms with E-state index in [0.717, 1.165) is 24.0 Å². The third-order valence-electron chi connectivity index (χ3n) is 5.37. The van der Waals surface area contributed by atoms with Gasteiger partial charge in [-0.25, -0.2) is 4.39 Å². The molecule has 1 saturated carbocycles. The van der Waals surface area contributed by atoms with Gasteiger partial charge in [0.2, 0.25) is 5.82 Å². The monoisotopic (exact) mass is 396 g/mol. The minimum Gasteiger partial charge on any atom is -0.497 e. The number of nitrogens with zero attached hydrogens (tertiary/aromatic N) is 2. The zero-order valence-electron chi connectivity index (χ0n) is 16.1. The number of hydrogen-bond donors (Lipinski definition) is 0. The Hall–Kier alpha value is -3.22. The summed E-state index contributed by atoms with van der Waals surface area (Å²) in [5, 5.41) is 3.95. The highest BCUT2D eigenvalue weighted by atomic mass is 19.1. The van der Waals surface area contributed by atoms with E-state index in [1.807, 2.05) is 18.2 Å². The van der Waals surface area contributed by atoms with Crippen LogP contribution in [0.5, 0.6) is 5.75 Å². The number of ether oxygens (including phenoxy) is 2. The molecule has 0 unspecified atom stereocenters. The molecule has 0 bridgehead atoms. The topological polar surface area (TPSA) is 74.5 Å². The highest BCUT2D eigenvalue weighted by Gasteiger charge is 2.44. The van der Waals surface area contributed by atoms with Crippen LogP contribution in [0.15, 0.2) is 53.1 Å². The molecule has 0 saturated heterocycles. The number of rotatable bonds is 6. The van der Waals surface area contributed by atoms with Crippen molar-refractivity contribution in [1.29, 1.82) is 0 Å². The molecule has 0 atom stereocenters. The van der Waals surface area contributed by atoms with E-state index in [4.69, 9.17) is 14.0 Å². The molecule has 1 aliphatic rings. The normalized spacial score (nSPS) is 15.2. The van der Waals surface area contributed by atoms with Crippen molar-refractivity contribution in [2.24, 2.45) is 0 Å². The molecule has 0 aliphatic heterocycles. The van der Waals surface area contributed by atoms with Gasteiger partial charge in [-0.05, 0) is 42.7 Å². The van der Waals surface area contributed by atoms with Gasteiger partial charge in [0.15, 0.2) is 6.61 Å². The smallest absolute Gasteiger partial charge is 0.317 e. The number of carbonyl (C=O) groups is 1. The Morgan fingerprint density at radius 1 is 1.17 bits per heavy atom. The average molecular weight is 396 g/mol. The lowest BCUT2D eigenvalue weighted by molar-refractivity contribution is -0.152. The van der Waals surface area contributed by atoms with Crippen molar-refractivity contribution in [2.45, 2.75) is 37.7 Å². The van der Waals surface area contributed by atoms with Gasteiger partial charge >= 0.3 is 5.97 Å². The van der Waals surface area contributed by atoms with E-state index in [1.165, 1.54) is 12.1 Å². The first-order valence-corrected chi connectivity index (χ1v) is 9.51. The lowest BCUT2D eigenvalue weighted by Gasteiger charge is -2.26. The van der Waals surface area contributed by atoms with E-state index in [9.17, 15) is 9.18 Å². The molecule has 0 amide bonds. The van der Waals surface area contributed by atoms with Crippen LogP contribution in [-0.4, -0.2) is 23.2 Å². The summed E-state index contributed by atoms with van der Waals surface area (Å²) in [5.41, 5.74) is 0.775. The lowest BCUT2D eigenvalue weighted by atomic mass is 9.79. The minimum absolute atomic E-state index is 0.112. The van der Waals surface area contributed by atoms with E-state index in [2.05, 4.69) is 10.1 Å². The predicted molar refractivity (Wildman–Crippen MR) is 103 cm³/mol. The van der Waals surface area contributed by atoms with E-state index >= 15 is 0 Å². The largest absolute Gasteiger partial charge is 0.497 e. The quantitative estimate of drug-likeness (QED) is 0.574. The van der Waals surface area contributed by atoms with Gasteiger partial charge < -0.3 is 14.0 Å². The van der Waals surface area contributed by atoms with Crippen LogP contribution in [0, 0.1) is 5.82 Å². The van der Waals surface area contributed by atoms with Crippen LogP contribution in [-0.2, 0) is 21.6 Å². The highest BCUT2D eigenvalue weighted by Crippen LogP contribution is 2.42. The molecular weight excluding hydrogens is 375 g/mol. The summed E-state index contributed by atoms with van der Waals surface area (Å²) in [6.07, 6.45) is 3.20. The van der Waals surface area contributed by atoms with Crippen molar-refractivity contribution >= 4 is 5.97 Å². The second-order valence-corrected chi connectivity index (χ2v) is 7.12. The van der Waals surface area contributed by atoms with Crippen LogP contribution in [0.1, 0.15) is 37.1 Å². The van der Waals surface area contributed by atoms with Crippen LogP contribution < -0.4 is 4.74 Å². The van der Waals surface area contributed by atoms with E-state index in [-0.39, 0.29) is 24.3 Å². The van der Waals surface area contributed by atoms with E-state index < -0.39 is 5.41 Å². The molecule has 4 rings (SSSR count). The molecular formula is C22H21FN2O4. The molecule has 0 N–H and O–H groups in total. The summed E-state index contributed by atoms with van der Waals surface area (Å²) in [7, 11) is 1.58. The van der Waals surface area contributed by atoms with Crippen LogP contribution >= 0.6 is 0 Å². The van der Waals surface area contributed by atoms with Crippen molar-refractivity contribution in [3.8, 4) is 17.1 Å². The summed E-state index contributed by atoms with van der Waals surface area (Å²) in [5.74, 6) is 0.615. The third kappa shape index (κ3) is 3.85. The fraction of sp³-hybridized carbons (Fsp3) is 0.318. The van der Waals surface area contributed by atoms with E-state index in [0.29, 0.717) is 24.4 Å². The first-order chi connectivity index (χ1) is 14.1. The molecule has 150 valence electrons. The standard InChI is InChI=1S/C22H21FN2O4/c1-27-18-6-4-5-15(13-18)20-24-19(29-25-20)14-28-21(26)22(11-2-3-12-22)16-7-9-17(23)10-8-16/h4-10,13H,2-3,11-12,14H2,1H3. The summed E-state index contributed by atoms with van der Waals surface area (Å²) in [6, 6.07) is 13.4. The van der Waals surface area contributed by atoms with Crippen molar-refractivity contribution < 1.29 is 23.2 Å². The van der Waals surface area contributed by atoms with Gasteiger partial charge in [-0.1, -0.05) is 42.3 Å². The highest BCUT2D eigenvalue weighted by molar-refractivity contribution is 5.83. The van der Waals surface area contributed by atoms with Gasteiger partial charge in [-0.15, -0.1) is 0 Å². The summed E-state index contributed by atoms with van der Waals surface area (Å²) in [4.78, 5) is 17.3. The Bertz CT molecular complexity index is 994. The molecule has 1 aliphatic carbocycles. The Balaban J connectivity index is 1.47. The summed E-state index contributed by atoms with van der Waals surface area (Å²) >= 11 is 0. The molecule has 29 heavy (non-hydrogen) atoms. The summed E-state index contributed by atoms with van der Waals surface area (Å²) in [6.45, 7) is -0.112. The van der Waals surface area contributed by atoms with Gasteiger partial charge in [-0.2, -0.15) is 4.98 Å². The van der Waals surface area contributed by atoms with Crippen LogP contribution in [0.4, 0.5) is 4.39 Å². The molecule has 1 fully saturated rings. The fourth-order valence-electron chi connectivity index (χ4n) is 3.82. The Morgan fingerprint density at radius 2 is 1.93 bits per heavy atom. The third-order valence-corrected chi connectivity index (χ3v) is 5.37.